The van der Waals surface area contributed by atoms with Gasteiger partial charge in [-0.25, -0.2) is 0 Å². The zero-order valence-electron chi connectivity index (χ0n) is 15.9. The third kappa shape index (κ3) is 4.13. The highest BCUT2D eigenvalue weighted by molar-refractivity contribution is 5.86. The molecule has 1 atom stereocenters. The molecule has 4 aromatic rings. The number of nitrogen functional groups attached to an aromatic ring is 1. The van der Waals surface area contributed by atoms with Gasteiger partial charge in [-0.3, -0.25) is 4.98 Å². The van der Waals surface area contributed by atoms with Gasteiger partial charge in [0.15, 0.2) is 11.6 Å². The van der Waals surface area contributed by atoms with Gasteiger partial charge in [-0.2, -0.15) is 13.2 Å². The largest absolute Gasteiger partial charge is 0.416 e. The molecule has 0 fully saturated rings. The van der Waals surface area contributed by atoms with E-state index in [-0.39, 0.29) is 11.9 Å². The summed E-state index contributed by atoms with van der Waals surface area (Å²) in [6, 6.07) is 12.3. The molecule has 0 radical (unpaired) electrons. The Kier molecular flexibility index (Phi) is 5.17. The summed E-state index contributed by atoms with van der Waals surface area (Å²) < 4.78 is 43.6. The number of hydrogen-bond acceptors (Lipinski definition) is 5. The zero-order valence-corrected chi connectivity index (χ0v) is 15.9. The number of alkyl halides is 3. The number of hydrogen-bond donors (Lipinski definition) is 2. The second-order valence-electron chi connectivity index (χ2n) is 7.18. The number of nitrogens with two attached hydrogens (primary N) is 2. The van der Waals surface area contributed by atoms with Gasteiger partial charge < -0.3 is 16.0 Å². The van der Waals surface area contributed by atoms with Crippen LogP contribution >= 0.6 is 0 Å². The van der Waals surface area contributed by atoms with E-state index in [0.29, 0.717) is 29.7 Å². The smallest absolute Gasteiger partial charge is 0.381 e. The average Bonchev–Trinajstić information content (AvgIpc) is 3.07. The molecule has 0 amide bonds. The van der Waals surface area contributed by atoms with E-state index in [2.05, 4.69) is 10.1 Å². The fourth-order valence-electron chi connectivity index (χ4n) is 3.44. The number of pyridine rings is 1. The normalized spacial score (nSPS) is 12.9. The van der Waals surface area contributed by atoms with Gasteiger partial charge in [0.05, 0.1) is 5.56 Å². The topological polar surface area (TPSA) is 91.0 Å². The Labute approximate surface area is 170 Å². The zero-order chi connectivity index (χ0) is 21.3. The summed E-state index contributed by atoms with van der Waals surface area (Å²) >= 11 is 0. The number of aromatic nitrogens is 2. The van der Waals surface area contributed by atoms with E-state index in [1.54, 1.807) is 12.4 Å². The van der Waals surface area contributed by atoms with E-state index in [9.17, 15) is 13.2 Å². The molecule has 5 nitrogen and oxygen atoms in total. The third-order valence-corrected chi connectivity index (χ3v) is 4.97. The number of anilines is 1. The summed E-state index contributed by atoms with van der Waals surface area (Å²) in [5.41, 5.74) is 13.8. The molecule has 0 aliphatic rings. The number of benzene rings is 2. The first-order valence-corrected chi connectivity index (χ1v) is 9.31. The van der Waals surface area contributed by atoms with Crippen LogP contribution in [0, 0.1) is 0 Å². The van der Waals surface area contributed by atoms with Crippen molar-refractivity contribution < 1.29 is 17.7 Å². The van der Waals surface area contributed by atoms with Gasteiger partial charge in [-0.15, -0.1) is 0 Å². The Morgan fingerprint density at radius 2 is 1.73 bits per heavy atom. The minimum atomic E-state index is -4.36. The Morgan fingerprint density at radius 1 is 0.967 bits per heavy atom. The summed E-state index contributed by atoms with van der Waals surface area (Å²) in [6.07, 6.45) is -0.107. The minimum absolute atomic E-state index is 0.252. The van der Waals surface area contributed by atoms with E-state index in [4.69, 9.17) is 16.0 Å². The minimum Gasteiger partial charge on any atom is -0.381 e. The maximum absolute atomic E-state index is 12.7. The van der Waals surface area contributed by atoms with Gasteiger partial charge in [0.2, 0.25) is 0 Å². The second-order valence-corrected chi connectivity index (χ2v) is 7.18. The van der Waals surface area contributed by atoms with Crippen LogP contribution in [-0.4, -0.2) is 16.2 Å². The standard InChI is InChI=1S/C22H19F3N4O/c23-22(24,25)17-5-1-13(2-6-17)9-18(26)11-19-20(30-29-21(19)27)15-3-4-16-12-28-8-7-14(16)10-15/h1-8,10,12,18H,9,11,26H2,(H2,27,29)/t18-/m0/s1. The van der Waals surface area contributed by atoms with E-state index in [1.807, 2.05) is 24.3 Å². The highest BCUT2D eigenvalue weighted by atomic mass is 19.4. The van der Waals surface area contributed by atoms with Crippen LogP contribution in [0.15, 0.2) is 65.4 Å². The maximum atomic E-state index is 12.7. The van der Waals surface area contributed by atoms with Crippen molar-refractivity contribution in [3.05, 3.63) is 77.6 Å². The molecule has 154 valence electrons. The van der Waals surface area contributed by atoms with E-state index >= 15 is 0 Å². The van der Waals surface area contributed by atoms with Crippen LogP contribution in [0.25, 0.3) is 22.1 Å². The Hall–Kier alpha value is -3.39. The van der Waals surface area contributed by atoms with Crippen molar-refractivity contribution in [2.75, 3.05) is 5.73 Å². The fourth-order valence-corrected chi connectivity index (χ4v) is 3.44. The number of rotatable bonds is 5. The quantitative estimate of drug-likeness (QED) is 0.500. The molecule has 2 aromatic carbocycles. The lowest BCUT2D eigenvalue weighted by atomic mass is 9.96. The molecule has 8 heteroatoms. The average molecular weight is 412 g/mol. The molecule has 0 saturated carbocycles. The molecule has 4 N–H and O–H groups in total. The van der Waals surface area contributed by atoms with Gasteiger partial charge in [-0.1, -0.05) is 29.4 Å². The van der Waals surface area contributed by atoms with Crippen LogP contribution < -0.4 is 11.5 Å². The molecule has 0 bridgehead atoms. The first-order valence-electron chi connectivity index (χ1n) is 9.31. The lowest BCUT2D eigenvalue weighted by molar-refractivity contribution is -0.137. The van der Waals surface area contributed by atoms with Gasteiger partial charge in [-0.05, 0) is 48.1 Å². The van der Waals surface area contributed by atoms with Gasteiger partial charge >= 0.3 is 6.18 Å². The summed E-state index contributed by atoms with van der Waals surface area (Å²) in [7, 11) is 0. The van der Waals surface area contributed by atoms with Crippen LogP contribution in [0.2, 0.25) is 0 Å². The fraction of sp³-hybridized carbons (Fsp3) is 0.182. The van der Waals surface area contributed by atoms with Crippen LogP contribution in [0.3, 0.4) is 0 Å². The molecule has 0 aliphatic heterocycles. The second kappa shape index (κ2) is 7.79. The predicted molar refractivity (Wildman–Crippen MR) is 108 cm³/mol. The van der Waals surface area contributed by atoms with Crippen molar-refractivity contribution >= 4 is 16.6 Å². The van der Waals surface area contributed by atoms with Gasteiger partial charge in [0, 0.05) is 34.9 Å². The van der Waals surface area contributed by atoms with Crippen molar-refractivity contribution in [1.29, 1.82) is 0 Å². The van der Waals surface area contributed by atoms with Crippen LogP contribution in [-0.2, 0) is 19.0 Å². The molecule has 2 aromatic heterocycles. The molecular weight excluding hydrogens is 393 g/mol. The first kappa shape index (κ1) is 19.9. The summed E-state index contributed by atoms with van der Waals surface area (Å²) in [5, 5.41) is 5.87. The van der Waals surface area contributed by atoms with E-state index in [0.717, 1.165) is 28.5 Å². The SMILES string of the molecule is Nc1noc(-c2ccc3cnccc3c2)c1C[C@@H](N)Cc1ccc(C(F)(F)F)cc1. The van der Waals surface area contributed by atoms with Crippen molar-refractivity contribution in [3.63, 3.8) is 0 Å². The van der Waals surface area contributed by atoms with Crippen LogP contribution in [0.1, 0.15) is 16.7 Å². The Balaban J connectivity index is 1.54. The molecule has 0 spiro atoms. The maximum Gasteiger partial charge on any atom is 0.416 e. The molecular formula is C22H19F3N4O. The molecule has 0 unspecified atom stereocenters. The monoisotopic (exact) mass is 412 g/mol. The van der Waals surface area contributed by atoms with Gasteiger partial charge in [0.25, 0.3) is 0 Å². The molecule has 30 heavy (non-hydrogen) atoms. The highest BCUT2D eigenvalue weighted by Crippen LogP contribution is 2.32. The summed E-state index contributed by atoms with van der Waals surface area (Å²) in [6.45, 7) is 0. The first-order chi connectivity index (χ1) is 14.3. The van der Waals surface area contributed by atoms with Crippen LogP contribution in [0.5, 0.6) is 0 Å². The van der Waals surface area contributed by atoms with E-state index < -0.39 is 11.7 Å². The van der Waals surface area contributed by atoms with Gasteiger partial charge in [0.1, 0.15) is 0 Å². The summed E-state index contributed by atoms with van der Waals surface area (Å²) in [5.74, 6) is 0.789. The molecule has 0 aliphatic carbocycles. The number of nitrogens with zero attached hydrogens (tertiary/aromatic N) is 2. The highest BCUT2D eigenvalue weighted by Gasteiger charge is 2.30. The van der Waals surface area contributed by atoms with Crippen molar-refractivity contribution in [3.8, 4) is 11.3 Å². The number of halogens is 3. The van der Waals surface area contributed by atoms with Crippen molar-refractivity contribution in [1.82, 2.24) is 10.1 Å². The van der Waals surface area contributed by atoms with Crippen molar-refractivity contribution in [2.24, 2.45) is 5.73 Å². The Bertz CT molecular complexity index is 1170. The lowest BCUT2D eigenvalue weighted by Gasteiger charge is -2.13. The molecule has 0 saturated heterocycles. The van der Waals surface area contributed by atoms with Crippen LogP contribution in [0.4, 0.5) is 19.0 Å². The Morgan fingerprint density at radius 3 is 2.47 bits per heavy atom. The van der Waals surface area contributed by atoms with Crippen molar-refractivity contribution in [2.45, 2.75) is 25.1 Å². The molecule has 4 rings (SSSR count). The van der Waals surface area contributed by atoms with E-state index in [1.165, 1.54) is 12.1 Å². The predicted octanol–water partition coefficient (Wildman–Crippen LogP) is 4.60. The summed E-state index contributed by atoms with van der Waals surface area (Å²) in [4.78, 5) is 4.10. The lowest BCUT2D eigenvalue weighted by Crippen LogP contribution is -2.26. The third-order valence-electron chi connectivity index (χ3n) is 4.97. The number of fused-ring (bicyclic) bond motifs is 1. The molecule has 2 heterocycles.